The van der Waals surface area contributed by atoms with E-state index < -0.39 is 68.3 Å². The highest BCUT2D eigenvalue weighted by atomic mass is 32.5. The number of hydrogen-bond donors (Lipinski definition) is 7. The second kappa shape index (κ2) is 15.2. The number of aliphatic hydroxyl groups is 3. The van der Waals surface area contributed by atoms with E-state index in [1.807, 2.05) is 0 Å². The Morgan fingerprint density at radius 1 is 1.19 bits per heavy atom. The van der Waals surface area contributed by atoms with Crippen LogP contribution in [0, 0.1) is 5.92 Å². The quantitative estimate of drug-likeness (QED) is 0.0920. The topological polar surface area (TPSA) is 203 Å². The molecular formula is C20H40N3O11PS. The lowest BCUT2D eigenvalue weighted by Gasteiger charge is -2.40. The van der Waals surface area contributed by atoms with E-state index in [4.69, 9.17) is 45.5 Å². The van der Waals surface area contributed by atoms with Gasteiger partial charge < -0.3 is 64.6 Å². The van der Waals surface area contributed by atoms with Crippen LogP contribution >= 0.6 is 6.72 Å². The van der Waals surface area contributed by atoms with E-state index in [1.165, 1.54) is 14.2 Å². The second-order valence-electron chi connectivity index (χ2n) is 8.74. The molecule has 0 spiro atoms. The Balaban J connectivity index is 1.74. The lowest BCUT2D eigenvalue weighted by Crippen LogP contribution is -2.62. The normalized spacial score (nSPS) is 36.4. The third-order valence-corrected chi connectivity index (χ3v) is 7.94. The number of urea groups is 1. The van der Waals surface area contributed by atoms with E-state index in [0.29, 0.717) is 32.4 Å². The first-order chi connectivity index (χ1) is 17.1. The van der Waals surface area contributed by atoms with Crippen molar-refractivity contribution in [3.05, 3.63) is 0 Å². The molecule has 1 saturated carbocycles. The SMILES string of the molecule is COC[C@H]1C[C@H](NC(=O)NCCCCO[C@@H]2O[C@H](CO)[C@H](O)[C@H](O)[C@H]2N)C(OC)C1OP(O)(=S)OC. The van der Waals surface area contributed by atoms with Crippen molar-refractivity contribution in [1.29, 1.82) is 0 Å². The molecule has 36 heavy (non-hydrogen) atoms. The fourth-order valence-corrected chi connectivity index (χ4v) is 5.34. The molecule has 8 N–H and O–H groups in total. The lowest BCUT2D eigenvalue weighted by molar-refractivity contribution is -0.265. The Bertz CT molecular complexity index is 724. The third kappa shape index (κ3) is 8.76. The van der Waals surface area contributed by atoms with Gasteiger partial charge in [0.25, 0.3) is 0 Å². The summed E-state index contributed by atoms with van der Waals surface area (Å²) in [4.78, 5) is 22.6. The summed E-state index contributed by atoms with van der Waals surface area (Å²) in [6, 6.07) is -1.75. The van der Waals surface area contributed by atoms with Crippen LogP contribution in [0.2, 0.25) is 0 Å². The van der Waals surface area contributed by atoms with E-state index >= 15 is 0 Å². The zero-order chi connectivity index (χ0) is 26.9. The maximum Gasteiger partial charge on any atom is 0.324 e. The summed E-state index contributed by atoms with van der Waals surface area (Å²) >= 11 is 4.98. The first-order valence-corrected chi connectivity index (χ1v) is 14.3. The van der Waals surface area contributed by atoms with Crippen molar-refractivity contribution in [3.63, 3.8) is 0 Å². The van der Waals surface area contributed by atoms with Gasteiger partial charge in [-0.3, -0.25) is 0 Å². The number of carbonyl (C=O) groups excluding carboxylic acids is 1. The minimum absolute atomic E-state index is 0.175. The highest BCUT2D eigenvalue weighted by Gasteiger charge is 2.47. The van der Waals surface area contributed by atoms with Gasteiger partial charge in [-0.25, -0.2) is 4.79 Å². The number of nitrogens with two attached hydrogens (primary N) is 1. The Kier molecular flexibility index (Phi) is 13.4. The summed E-state index contributed by atoms with van der Waals surface area (Å²) in [5, 5.41) is 34.7. The summed E-state index contributed by atoms with van der Waals surface area (Å²) in [6.45, 7) is -3.00. The Morgan fingerprint density at radius 3 is 2.53 bits per heavy atom. The van der Waals surface area contributed by atoms with Gasteiger partial charge in [-0.1, -0.05) is 0 Å². The number of amides is 2. The van der Waals surface area contributed by atoms with Gasteiger partial charge in [-0.15, -0.1) is 0 Å². The standard InChI is InChI=1S/C20H40N3O11PS/c1-29-10-11-8-12(18(30-2)17(11)34-35(28,36)31-3)23-20(27)22-6-4-5-7-32-19-14(21)16(26)15(25)13(9-24)33-19/h11-19,24-26H,4-10,21H2,1-3H3,(H,28,36)(H2,22,23,27)/t11-,12+,13-,14-,15+,16-,17?,18?,19-,35?/m1/s1. The predicted molar refractivity (Wildman–Crippen MR) is 130 cm³/mol. The molecule has 10 atom stereocenters. The molecule has 1 saturated heterocycles. The molecule has 0 aromatic rings. The molecule has 0 bridgehead atoms. The first-order valence-electron chi connectivity index (χ1n) is 11.7. The molecule has 212 valence electrons. The zero-order valence-corrected chi connectivity index (χ0v) is 22.4. The van der Waals surface area contributed by atoms with Crippen LogP contribution in [0.1, 0.15) is 19.3 Å². The summed E-state index contributed by atoms with van der Waals surface area (Å²) in [7, 11) is 4.31. The van der Waals surface area contributed by atoms with Crippen molar-refractivity contribution in [2.24, 2.45) is 11.7 Å². The van der Waals surface area contributed by atoms with Crippen molar-refractivity contribution in [2.45, 2.75) is 68.2 Å². The maximum atomic E-state index is 12.5. The highest BCUT2D eigenvalue weighted by molar-refractivity contribution is 8.07. The van der Waals surface area contributed by atoms with Crippen LogP contribution in [0.15, 0.2) is 0 Å². The average Bonchev–Trinajstić information content (AvgIpc) is 3.15. The van der Waals surface area contributed by atoms with Crippen molar-refractivity contribution in [1.82, 2.24) is 10.6 Å². The Labute approximate surface area is 216 Å². The van der Waals surface area contributed by atoms with Gasteiger partial charge in [0, 0.05) is 40.4 Å². The molecule has 0 aromatic carbocycles. The molecule has 2 amide bonds. The molecule has 1 heterocycles. The number of nitrogens with one attached hydrogen (secondary N) is 2. The Morgan fingerprint density at radius 2 is 1.92 bits per heavy atom. The molecule has 0 aromatic heterocycles. The number of rotatable bonds is 14. The summed E-state index contributed by atoms with van der Waals surface area (Å²) < 4.78 is 32.3. The Hall–Kier alpha value is -0.520. The van der Waals surface area contributed by atoms with Gasteiger partial charge in [0.15, 0.2) is 6.29 Å². The molecule has 2 aliphatic rings. The monoisotopic (exact) mass is 561 g/mol. The van der Waals surface area contributed by atoms with Crippen LogP contribution in [0.4, 0.5) is 4.79 Å². The number of aliphatic hydroxyl groups excluding tert-OH is 3. The molecule has 2 fully saturated rings. The van der Waals surface area contributed by atoms with Gasteiger partial charge >= 0.3 is 12.7 Å². The van der Waals surface area contributed by atoms with Crippen LogP contribution in [0.5, 0.6) is 0 Å². The van der Waals surface area contributed by atoms with Crippen LogP contribution in [-0.2, 0) is 39.8 Å². The van der Waals surface area contributed by atoms with Crippen LogP contribution in [0.25, 0.3) is 0 Å². The number of hydrogen-bond acceptors (Lipinski definition) is 12. The van der Waals surface area contributed by atoms with Crippen LogP contribution in [0.3, 0.4) is 0 Å². The number of ether oxygens (including phenoxy) is 4. The molecule has 14 nitrogen and oxygen atoms in total. The number of methoxy groups -OCH3 is 2. The van der Waals surface area contributed by atoms with Gasteiger partial charge in [-0.2, -0.15) is 0 Å². The van der Waals surface area contributed by atoms with E-state index in [-0.39, 0.29) is 12.5 Å². The van der Waals surface area contributed by atoms with Gasteiger partial charge in [0.1, 0.15) is 30.5 Å². The molecule has 2 rings (SSSR count). The maximum absolute atomic E-state index is 12.5. The van der Waals surface area contributed by atoms with E-state index in [9.17, 15) is 25.0 Å². The fraction of sp³-hybridized carbons (Fsp3) is 0.950. The molecule has 3 unspecified atom stereocenters. The number of unbranched alkanes of at least 4 members (excludes halogenated alkanes) is 1. The highest BCUT2D eigenvalue weighted by Crippen LogP contribution is 2.48. The van der Waals surface area contributed by atoms with Crippen LogP contribution in [-0.4, -0.2) is 123 Å². The minimum atomic E-state index is -3.45. The van der Waals surface area contributed by atoms with E-state index in [2.05, 4.69) is 10.6 Å². The number of carbonyl (C=O) groups is 1. The van der Waals surface area contributed by atoms with Crippen molar-refractivity contribution in [3.8, 4) is 0 Å². The molecule has 1 aliphatic carbocycles. The largest absolute Gasteiger partial charge is 0.394 e. The van der Waals surface area contributed by atoms with Gasteiger partial charge in [0.05, 0.1) is 25.3 Å². The smallest absolute Gasteiger partial charge is 0.324 e. The van der Waals surface area contributed by atoms with E-state index in [1.54, 1.807) is 7.11 Å². The van der Waals surface area contributed by atoms with Crippen LogP contribution < -0.4 is 16.4 Å². The van der Waals surface area contributed by atoms with E-state index in [0.717, 1.165) is 0 Å². The summed E-state index contributed by atoms with van der Waals surface area (Å²) in [5.74, 6) is -0.175. The first kappa shape index (κ1) is 31.7. The minimum Gasteiger partial charge on any atom is -0.394 e. The zero-order valence-electron chi connectivity index (χ0n) is 20.7. The van der Waals surface area contributed by atoms with Gasteiger partial charge in [0.2, 0.25) is 0 Å². The predicted octanol–water partition coefficient (Wildman–Crippen LogP) is -1.85. The van der Waals surface area contributed by atoms with Crippen molar-refractivity contribution >= 4 is 24.6 Å². The summed E-state index contributed by atoms with van der Waals surface area (Å²) in [5.41, 5.74) is 5.83. The average molecular weight is 562 g/mol. The molecular weight excluding hydrogens is 521 g/mol. The third-order valence-electron chi connectivity index (χ3n) is 6.26. The molecule has 16 heteroatoms. The lowest BCUT2D eigenvalue weighted by atomic mass is 9.98. The van der Waals surface area contributed by atoms with Gasteiger partial charge in [-0.05, 0) is 31.1 Å². The molecule has 0 radical (unpaired) electrons. The summed E-state index contributed by atoms with van der Waals surface area (Å²) in [6.07, 6.45) is -4.06. The second-order valence-corrected chi connectivity index (χ2v) is 11.6. The fourth-order valence-electron chi connectivity index (χ4n) is 4.35. The van der Waals surface area contributed by atoms with Crippen molar-refractivity contribution < 1.29 is 53.0 Å². The van der Waals surface area contributed by atoms with Crippen molar-refractivity contribution in [2.75, 3.05) is 47.7 Å². The molecule has 1 aliphatic heterocycles.